The summed E-state index contributed by atoms with van der Waals surface area (Å²) in [7, 11) is 0. The number of carbonyl (C=O) groups excluding carboxylic acids is 1. The Hall–Kier alpha value is -4.79. The largest absolute Gasteiger partial charge is 0.490 e. The predicted molar refractivity (Wildman–Crippen MR) is 125 cm³/mol. The molecule has 3 aromatic heterocycles. The van der Waals surface area contributed by atoms with Crippen LogP contribution < -0.4 is 10.6 Å². The lowest BCUT2D eigenvalue weighted by atomic mass is 10.2. The molecule has 0 bridgehead atoms. The van der Waals surface area contributed by atoms with Crippen LogP contribution in [-0.2, 0) is 4.79 Å². The van der Waals surface area contributed by atoms with E-state index in [1.807, 2.05) is 42.5 Å². The van der Waals surface area contributed by atoms with Crippen molar-refractivity contribution in [2.75, 3.05) is 10.6 Å². The maximum absolute atomic E-state index is 12.2. The Morgan fingerprint density at radius 2 is 1.81 bits per heavy atom. The van der Waals surface area contributed by atoms with E-state index in [1.54, 1.807) is 12.4 Å². The number of halogens is 3. The van der Waals surface area contributed by atoms with Crippen LogP contribution >= 0.6 is 11.3 Å². The van der Waals surface area contributed by atoms with Gasteiger partial charge in [0.2, 0.25) is 5.13 Å². The number of aliphatic carboxylic acids is 1. The van der Waals surface area contributed by atoms with Crippen molar-refractivity contribution in [3.63, 3.8) is 0 Å². The predicted octanol–water partition coefficient (Wildman–Crippen LogP) is 4.43. The number of carbonyl (C=O) groups is 2. The smallest absolute Gasteiger partial charge is 0.475 e. The molecule has 3 heterocycles. The summed E-state index contributed by atoms with van der Waals surface area (Å²) >= 11 is 1.43. The van der Waals surface area contributed by atoms with Gasteiger partial charge in [-0.25, -0.2) is 4.79 Å². The van der Waals surface area contributed by atoms with Gasteiger partial charge in [0.05, 0.1) is 23.5 Å². The molecule has 0 aliphatic heterocycles. The fourth-order valence-corrected chi connectivity index (χ4v) is 3.60. The number of amides is 1. The molecule has 0 fully saturated rings. The number of hydrogen-bond acceptors (Lipinski definition) is 8. The minimum Gasteiger partial charge on any atom is -0.475 e. The number of hydrogen-bond donors (Lipinski definition) is 5. The number of nitrogens with one attached hydrogen (secondary N) is 4. The third-order valence-electron chi connectivity index (χ3n) is 4.49. The molecule has 0 radical (unpaired) electrons. The summed E-state index contributed by atoms with van der Waals surface area (Å²) in [5.74, 6) is -2.99. The van der Waals surface area contributed by atoms with E-state index in [9.17, 15) is 18.0 Å². The number of carboxylic acid groups (broad SMARTS) is 1. The van der Waals surface area contributed by atoms with E-state index in [-0.39, 0.29) is 5.91 Å². The monoisotopic (exact) mass is 516 g/mol. The van der Waals surface area contributed by atoms with Gasteiger partial charge in [0.25, 0.3) is 5.91 Å². The number of H-pyrrole nitrogens is 2. The first kappa shape index (κ1) is 24.3. The molecule has 36 heavy (non-hydrogen) atoms. The molecule has 15 heteroatoms. The summed E-state index contributed by atoms with van der Waals surface area (Å²) in [5, 5.41) is 37.5. The van der Waals surface area contributed by atoms with Gasteiger partial charge in [0, 0.05) is 28.5 Å². The normalized spacial score (nSPS) is 11.0. The number of nitrogens with zero attached hydrogens (tertiary/aromatic N) is 4. The second-order valence-corrected chi connectivity index (χ2v) is 8.01. The molecule has 0 unspecified atom stereocenters. The van der Waals surface area contributed by atoms with E-state index >= 15 is 0 Å². The topological polar surface area (TPSA) is 162 Å². The number of aromatic amines is 2. The summed E-state index contributed by atoms with van der Waals surface area (Å²) in [6.45, 7) is 0. The van der Waals surface area contributed by atoms with E-state index in [1.165, 1.54) is 17.5 Å². The molecule has 5 N–H and O–H groups in total. The molecule has 2 aromatic carbocycles. The Morgan fingerprint density at radius 3 is 2.53 bits per heavy atom. The Kier molecular flexibility index (Phi) is 6.91. The van der Waals surface area contributed by atoms with Crippen LogP contribution in [-0.4, -0.2) is 53.8 Å². The summed E-state index contributed by atoms with van der Waals surface area (Å²) in [4.78, 5) is 21.1. The molecule has 0 aliphatic rings. The molecule has 0 saturated heterocycles. The van der Waals surface area contributed by atoms with E-state index in [4.69, 9.17) is 9.90 Å². The summed E-state index contributed by atoms with van der Waals surface area (Å²) < 4.78 is 31.7. The Bertz CT molecular complexity index is 1500. The third kappa shape index (κ3) is 6.01. The van der Waals surface area contributed by atoms with Crippen molar-refractivity contribution < 1.29 is 27.9 Å². The van der Waals surface area contributed by atoms with Crippen LogP contribution in [0.1, 0.15) is 10.4 Å². The molecule has 11 nitrogen and oxygen atoms in total. The standard InChI is InChI=1S/C19H14N8OS.C2HF3O2/c28-17(13-9-20-21-10-13)23-14-3-1-2-11(6-14)18-26-27-19(29-18)24-15-4-5-16-12(7-15)8-22-25-16;3-2(4,5)1(6)7/h1-10H,(H,20,21)(H,22,25)(H,23,28)(H,24,27);(H,6,7). The van der Waals surface area contributed by atoms with Crippen molar-refractivity contribution >= 4 is 50.6 Å². The van der Waals surface area contributed by atoms with Crippen molar-refractivity contribution in [2.24, 2.45) is 0 Å². The SMILES string of the molecule is O=C(Nc1cccc(-c2nnc(Nc3ccc4[nH]ncc4c3)s2)c1)c1cn[nH]c1.O=C(O)C(F)(F)F. The molecule has 0 spiro atoms. The van der Waals surface area contributed by atoms with Crippen LogP contribution in [0.2, 0.25) is 0 Å². The summed E-state index contributed by atoms with van der Waals surface area (Å²) in [6, 6.07) is 13.4. The fraction of sp³-hybridized carbons (Fsp3) is 0.0476. The highest BCUT2D eigenvalue weighted by Gasteiger charge is 2.38. The maximum Gasteiger partial charge on any atom is 0.490 e. The van der Waals surface area contributed by atoms with Gasteiger partial charge in [0.15, 0.2) is 0 Å². The quantitative estimate of drug-likeness (QED) is 0.229. The van der Waals surface area contributed by atoms with Crippen molar-refractivity contribution in [3.8, 4) is 10.6 Å². The molecule has 5 aromatic rings. The molecular formula is C21H15F3N8O3S. The van der Waals surface area contributed by atoms with Crippen molar-refractivity contribution in [1.29, 1.82) is 0 Å². The highest BCUT2D eigenvalue weighted by atomic mass is 32.1. The molecule has 184 valence electrons. The minimum atomic E-state index is -5.08. The fourth-order valence-electron chi connectivity index (χ4n) is 2.84. The Morgan fingerprint density at radius 1 is 1.00 bits per heavy atom. The van der Waals surface area contributed by atoms with Crippen LogP contribution in [0, 0.1) is 0 Å². The van der Waals surface area contributed by atoms with Crippen molar-refractivity contribution in [1.82, 2.24) is 30.6 Å². The average Bonchev–Trinajstić information content (AvgIpc) is 3.61. The first-order valence-electron chi connectivity index (χ1n) is 9.93. The van der Waals surface area contributed by atoms with Gasteiger partial charge >= 0.3 is 12.1 Å². The van der Waals surface area contributed by atoms with Gasteiger partial charge in [-0.05, 0) is 30.3 Å². The van der Waals surface area contributed by atoms with E-state index in [0.717, 1.165) is 27.2 Å². The van der Waals surface area contributed by atoms with Crippen molar-refractivity contribution in [2.45, 2.75) is 6.18 Å². The second-order valence-electron chi connectivity index (χ2n) is 7.03. The lowest BCUT2D eigenvalue weighted by molar-refractivity contribution is -0.192. The zero-order valence-corrected chi connectivity index (χ0v) is 18.7. The Balaban J connectivity index is 0.000000384. The number of carboxylic acids is 1. The molecular weight excluding hydrogens is 501 g/mol. The number of benzene rings is 2. The molecule has 0 saturated carbocycles. The van der Waals surface area contributed by atoms with Crippen LogP contribution in [0.25, 0.3) is 21.5 Å². The number of alkyl halides is 3. The molecule has 0 atom stereocenters. The molecule has 1 amide bonds. The van der Waals surface area contributed by atoms with Crippen LogP contribution in [0.5, 0.6) is 0 Å². The van der Waals surface area contributed by atoms with Gasteiger partial charge in [-0.1, -0.05) is 23.5 Å². The first-order chi connectivity index (χ1) is 17.2. The van der Waals surface area contributed by atoms with E-state index < -0.39 is 12.1 Å². The number of aromatic nitrogens is 6. The zero-order chi connectivity index (χ0) is 25.7. The first-order valence-corrected chi connectivity index (χ1v) is 10.7. The Labute approximate surface area is 203 Å². The summed E-state index contributed by atoms with van der Waals surface area (Å²) in [5.41, 5.74) is 3.88. The highest BCUT2D eigenvalue weighted by Crippen LogP contribution is 2.30. The highest BCUT2D eigenvalue weighted by molar-refractivity contribution is 7.18. The maximum atomic E-state index is 12.2. The minimum absolute atomic E-state index is 0.231. The van der Waals surface area contributed by atoms with Crippen LogP contribution in [0.3, 0.4) is 0 Å². The molecule has 5 rings (SSSR count). The van der Waals surface area contributed by atoms with Gasteiger partial charge in [-0.3, -0.25) is 15.0 Å². The second kappa shape index (κ2) is 10.2. The van der Waals surface area contributed by atoms with E-state index in [2.05, 4.69) is 41.2 Å². The van der Waals surface area contributed by atoms with Gasteiger partial charge in [0.1, 0.15) is 5.01 Å². The third-order valence-corrected chi connectivity index (χ3v) is 5.37. The number of fused-ring (bicyclic) bond motifs is 1. The van der Waals surface area contributed by atoms with Gasteiger partial charge in [-0.2, -0.15) is 23.4 Å². The van der Waals surface area contributed by atoms with Crippen LogP contribution in [0.15, 0.2) is 61.1 Å². The summed E-state index contributed by atoms with van der Waals surface area (Å²) in [6.07, 6.45) is -0.291. The number of anilines is 3. The van der Waals surface area contributed by atoms with E-state index in [0.29, 0.717) is 16.4 Å². The molecule has 0 aliphatic carbocycles. The lowest BCUT2D eigenvalue weighted by Gasteiger charge is -2.05. The zero-order valence-electron chi connectivity index (χ0n) is 17.9. The lowest BCUT2D eigenvalue weighted by Crippen LogP contribution is -2.21. The average molecular weight is 516 g/mol. The van der Waals surface area contributed by atoms with Gasteiger partial charge < -0.3 is 15.7 Å². The van der Waals surface area contributed by atoms with Crippen molar-refractivity contribution in [3.05, 3.63) is 66.6 Å². The number of rotatable bonds is 5. The van der Waals surface area contributed by atoms with Crippen LogP contribution in [0.4, 0.5) is 29.7 Å². The van der Waals surface area contributed by atoms with Gasteiger partial charge in [-0.15, -0.1) is 10.2 Å².